The number of nitrogens with zero attached hydrogens (tertiary/aromatic N) is 1. The van der Waals surface area contributed by atoms with Crippen LogP contribution < -0.4 is 5.32 Å². The summed E-state index contributed by atoms with van der Waals surface area (Å²) < 4.78 is 69.9. The molecule has 1 N–H and O–H groups in total. The lowest BCUT2D eigenvalue weighted by Crippen LogP contribution is -2.51. The molecule has 1 aromatic rings. The minimum absolute atomic E-state index is 0.0548. The van der Waals surface area contributed by atoms with Crippen molar-refractivity contribution >= 4 is 12.0 Å². The third-order valence-corrected chi connectivity index (χ3v) is 3.94. The van der Waals surface area contributed by atoms with Crippen molar-refractivity contribution in [3.63, 3.8) is 0 Å². The van der Waals surface area contributed by atoms with Gasteiger partial charge in [0.2, 0.25) is 0 Å². The maximum Gasteiger partial charge on any atom is 0.471 e. The number of carbonyl (C=O) groups excluding carboxylic acids is 2. The molecule has 0 bridgehead atoms. The normalized spacial score (nSPS) is 20.2. The van der Waals surface area contributed by atoms with Crippen molar-refractivity contribution in [3.8, 4) is 0 Å². The zero-order valence-electron chi connectivity index (χ0n) is 13.6. The van der Waals surface area contributed by atoms with E-state index in [2.05, 4.69) is 0 Å². The van der Waals surface area contributed by atoms with E-state index in [4.69, 9.17) is 4.74 Å². The topological polar surface area (TPSA) is 58.6 Å². The smallest absolute Gasteiger partial charge is 0.445 e. The third kappa shape index (κ3) is 5.30. The number of benzene rings is 1. The van der Waals surface area contributed by atoms with Gasteiger partial charge in [-0.25, -0.2) is 13.6 Å². The molecular formula is C16H17F5N2O3. The van der Waals surface area contributed by atoms with E-state index in [1.165, 1.54) is 5.32 Å². The summed E-state index contributed by atoms with van der Waals surface area (Å²) in [5.74, 6) is -6.00. The number of halogens is 5. The van der Waals surface area contributed by atoms with Crippen LogP contribution in [0.4, 0.5) is 26.7 Å². The highest BCUT2D eigenvalue weighted by atomic mass is 19.4. The predicted molar refractivity (Wildman–Crippen MR) is 80.4 cm³/mol. The van der Waals surface area contributed by atoms with Gasteiger partial charge in [-0.3, -0.25) is 4.79 Å². The van der Waals surface area contributed by atoms with Crippen molar-refractivity contribution < 1.29 is 36.3 Å². The lowest BCUT2D eigenvalue weighted by Gasteiger charge is -2.25. The molecule has 1 aromatic carbocycles. The number of amides is 2. The van der Waals surface area contributed by atoms with E-state index in [9.17, 15) is 31.5 Å². The van der Waals surface area contributed by atoms with Crippen LogP contribution in [0.2, 0.25) is 0 Å². The molecule has 0 radical (unpaired) electrons. The molecule has 0 spiro atoms. The van der Waals surface area contributed by atoms with Crippen LogP contribution in [0.1, 0.15) is 18.4 Å². The predicted octanol–water partition coefficient (Wildman–Crippen LogP) is 3.10. The number of hydrogen-bond acceptors (Lipinski definition) is 3. The van der Waals surface area contributed by atoms with Gasteiger partial charge in [0.15, 0.2) is 0 Å². The van der Waals surface area contributed by atoms with Crippen molar-refractivity contribution in [2.45, 2.75) is 37.6 Å². The molecule has 1 aliphatic rings. The molecular weight excluding hydrogens is 363 g/mol. The Morgan fingerprint density at radius 3 is 2.46 bits per heavy atom. The summed E-state index contributed by atoms with van der Waals surface area (Å²) in [6, 6.07) is 6.67. The third-order valence-electron chi connectivity index (χ3n) is 3.94. The summed E-state index contributed by atoms with van der Waals surface area (Å²) in [5.41, 5.74) is 0.705. The number of likely N-dealkylation sites (tertiary alicyclic amines) is 1. The first-order chi connectivity index (χ1) is 12.1. The van der Waals surface area contributed by atoms with Gasteiger partial charge in [0.1, 0.15) is 6.61 Å². The van der Waals surface area contributed by atoms with Gasteiger partial charge in [-0.05, 0) is 12.0 Å². The summed E-state index contributed by atoms with van der Waals surface area (Å²) in [6.45, 7) is -0.703. The Morgan fingerprint density at radius 2 is 1.85 bits per heavy atom. The zero-order valence-corrected chi connectivity index (χ0v) is 13.6. The average molecular weight is 380 g/mol. The van der Waals surface area contributed by atoms with Gasteiger partial charge in [-0.15, -0.1) is 0 Å². The fourth-order valence-electron chi connectivity index (χ4n) is 2.48. The van der Waals surface area contributed by atoms with Gasteiger partial charge in [-0.2, -0.15) is 13.2 Å². The Balaban J connectivity index is 1.94. The maximum atomic E-state index is 14.0. The zero-order chi connectivity index (χ0) is 19.4. The van der Waals surface area contributed by atoms with Crippen LogP contribution in [0.15, 0.2) is 30.3 Å². The lowest BCUT2D eigenvalue weighted by molar-refractivity contribution is -0.177. The van der Waals surface area contributed by atoms with Crippen molar-refractivity contribution in [1.29, 1.82) is 0 Å². The molecule has 1 heterocycles. The molecule has 26 heavy (non-hydrogen) atoms. The highest BCUT2D eigenvalue weighted by molar-refractivity contribution is 5.82. The molecule has 0 unspecified atom stereocenters. The highest BCUT2D eigenvalue weighted by Crippen LogP contribution is 2.30. The van der Waals surface area contributed by atoms with Crippen LogP contribution in [0.25, 0.3) is 0 Å². The van der Waals surface area contributed by atoms with E-state index >= 15 is 0 Å². The Morgan fingerprint density at radius 1 is 1.19 bits per heavy atom. The van der Waals surface area contributed by atoms with Crippen LogP contribution in [0, 0.1) is 0 Å². The molecule has 1 saturated heterocycles. The Hall–Kier alpha value is -2.39. The van der Waals surface area contributed by atoms with Gasteiger partial charge in [-0.1, -0.05) is 30.3 Å². The van der Waals surface area contributed by atoms with Crippen LogP contribution in [-0.2, 0) is 16.1 Å². The second-order valence-corrected chi connectivity index (χ2v) is 5.85. The van der Waals surface area contributed by atoms with E-state index in [1.54, 1.807) is 30.3 Å². The first-order valence-electron chi connectivity index (χ1n) is 7.81. The fraction of sp³-hybridized carbons (Fsp3) is 0.500. The number of rotatable bonds is 3. The summed E-state index contributed by atoms with van der Waals surface area (Å²) in [5, 5.41) is 1.31. The van der Waals surface area contributed by atoms with Crippen molar-refractivity contribution in [3.05, 3.63) is 35.9 Å². The first kappa shape index (κ1) is 19.9. The molecule has 1 aliphatic heterocycles. The molecule has 144 valence electrons. The van der Waals surface area contributed by atoms with Gasteiger partial charge >= 0.3 is 18.2 Å². The quantitative estimate of drug-likeness (QED) is 0.820. The van der Waals surface area contributed by atoms with Crippen LogP contribution >= 0.6 is 0 Å². The molecule has 5 nitrogen and oxygen atoms in total. The van der Waals surface area contributed by atoms with Crippen LogP contribution in [-0.4, -0.2) is 48.1 Å². The first-order valence-corrected chi connectivity index (χ1v) is 7.81. The van der Waals surface area contributed by atoms with Crippen molar-refractivity contribution in [2.75, 3.05) is 13.1 Å². The standard InChI is InChI=1S/C16H17F5N2O3/c17-15(18)7-9-23(8-6-12(15)22-13(24)16(19,20)21)14(25)26-10-11-4-2-1-3-5-11/h1-5,12H,6-10H2,(H,22,24)/t12-/m1/s1. The van der Waals surface area contributed by atoms with E-state index in [0.29, 0.717) is 5.56 Å². The van der Waals surface area contributed by atoms with Gasteiger partial charge < -0.3 is 15.0 Å². The van der Waals surface area contributed by atoms with Crippen molar-refractivity contribution in [2.24, 2.45) is 0 Å². The fourth-order valence-corrected chi connectivity index (χ4v) is 2.48. The van der Waals surface area contributed by atoms with E-state index in [-0.39, 0.29) is 19.7 Å². The van der Waals surface area contributed by atoms with E-state index in [1.807, 2.05) is 0 Å². The summed E-state index contributed by atoms with van der Waals surface area (Å²) >= 11 is 0. The van der Waals surface area contributed by atoms with Crippen molar-refractivity contribution in [1.82, 2.24) is 10.2 Å². The lowest BCUT2D eigenvalue weighted by atomic mass is 10.1. The second kappa shape index (κ2) is 7.88. The van der Waals surface area contributed by atoms with E-state index < -0.39 is 43.0 Å². The molecule has 2 amide bonds. The Bertz CT molecular complexity index is 637. The monoisotopic (exact) mass is 380 g/mol. The molecule has 0 saturated carbocycles. The number of ether oxygens (including phenoxy) is 1. The average Bonchev–Trinajstić information content (AvgIpc) is 2.72. The number of hydrogen-bond donors (Lipinski definition) is 1. The van der Waals surface area contributed by atoms with Crippen LogP contribution in [0.5, 0.6) is 0 Å². The summed E-state index contributed by atoms with van der Waals surface area (Å²) in [6.07, 6.45) is -7.49. The van der Waals surface area contributed by atoms with E-state index in [0.717, 1.165) is 4.90 Å². The largest absolute Gasteiger partial charge is 0.471 e. The minimum atomic E-state index is -5.25. The van der Waals surface area contributed by atoms with Crippen LogP contribution in [0.3, 0.4) is 0 Å². The Kier molecular flexibility index (Phi) is 6.04. The maximum absolute atomic E-state index is 14.0. The van der Waals surface area contributed by atoms with Gasteiger partial charge in [0.05, 0.1) is 6.04 Å². The molecule has 0 aromatic heterocycles. The summed E-state index contributed by atoms with van der Waals surface area (Å²) in [7, 11) is 0. The molecule has 1 fully saturated rings. The molecule has 2 rings (SSSR count). The Labute approximate surface area is 146 Å². The SMILES string of the molecule is O=C(OCc1ccccc1)N1CC[C@@H](NC(=O)C(F)(F)F)C(F)(F)CC1. The molecule has 1 atom stereocenters. The number of carbonyl (C=O) groups is 2. The number of alkyl halides is 5. The van der Waals surface area contributed by atoms with Gasteiger partial charge in [0.25, 0.3) is 5.92 Å². The molecule has 0 aliphatic carbocycles. The number of nitrogens with one attached hydrogen (secondary N) is 1. The summed E-state index contributed by atoms with van der Waals surface area (Å²) in [4.78, 5) is 23.9. The second-order valence-electron chi connectivity index (χ2n) is 5.85. The minimum Gasteiger partial charge on any atom is -0.445 e. The highest BCUT2D eigenvalue weighted by Gasteiger charge is 2.47. The van der Waals surface area contributed by atoms with Gasteiger partial charge in [0, 0.05) is 19.5 Å². The molecule has 10 heteroatoms.